The first-order chi connectivity index (χ1) is 8.56. The van der Waals surface area contributed by atoms with Crippen LogP contribution in [0.15, 0.2) is 18.2 Å². The van der Waals surface area contributed by atoms with Crippen molar-refractivity contribution in [3.05, 3.63) is 23.8 Å². The van der Waals surface area contributed by atoms with E-state index in [4.69, 9.17) is 10.5 Å². The van der Waals surface area contributed by atoms with Gasteiger partial charge in [-0.05, 0) is 49.8 Å². The molecule has 2 heteroatoms. The number of nitrogens with two attached hydrogens (primary N) is 1. The van der Waals surface area contributed by atoms with Gasteiger partial charge in [0.05, 0.1) is 6.10 Å². The van der Waals surface area contributed by atoms with Gasteiger partial charge in [-0.2, -0.15) is 0 Å². The van der Waals surface area contributed by atoms with Gasteiger partial charge in [-0.25, -0.2) is 0 Å². The van der Waals surface area contributed by atoms with Crippen LogP contribution in [0, 0.1) is 18.8 Å². The second kappa shape index (κ2) is 5.64. The van der Waals surface area contributed by atoms with Gasteiger partial charge in [0.15, 0.2) is 0 Å². The predicted molar refractivity (Wildman–Crippen MR) is 76.8 cm³/mol. The summed E-state index contributed by atoms with van der Waals surface area (Å²) in [5.74, 6) is 2.37. The Kier molecular flexibility index (Phi) is 4.15. The fourth-order valence-corrected chi connectivity index (χ4v) is 3.19. The van der Waals surface area contributed by atoms with Gasteiger partial charge in [0.2, 0.25) is 0 Å². The van der Waals surface area contributed by atoms with E-state index in [0.29, 0.717) is 5.92 Å². The molecule has 1 aromatic rings. The molecule has 1 fully saturated rings. The third-order valence-corrected chi connectivity index (χ3v) is 4.18. The third-order valence-electron chi connectivity index (χ3n) is 4.18. The molecule has 2 nitrogen and oxygen atoms in total. The minimum absolute atomic E-state index is 0.279. The summed E-state index contributed by atoms with van der Waals surface area (Å²) in [6.07, 6.45) is 5.64. The summed E-state index contributed by atoms with van der Waals surface area (Å²) in [5.41, 5.74) is 7.81. The molecule has 3 atom stereocenters. The molecule has 0 amide bonds. The van der Waals surface area contributed by atoms with Crippen molar-refractivity contribution in [2.75, 3.05) is 5.73 Å². The van der Waals surface area contributed by atoms with E-state index in [1.165, 1.54) is 25.7 Å². The summed E-state index contributed by atoms with van der Waals surface area (Å²) in [6, 6.07) is 5.97. The maximum atomic E-state index is 6.11. The molecule has 1 saturated carbocycles. The van der Waals surface area contributed by atoms with Crippen molar-refractivity contribution in [2.45, 2.75) is 52.6 Å². The van der Waals surface area contributed by atoms with Gasteiger partial charge in [0, 0.05) is 11.8 Å². The molecule has 1 aliphatic carbocycles. The Morgan fingerprint density at radius 1 is 1.22 bits per heavy atom. The number of rotatable bonds is 3. The van der Waals surface area contributed by atoms with Gasteiger partial charge in [-0.1, -0.05) is 26.2 Å². The van der Waals surface area contributed by atoms with Crippen LogP contribution in [0.4, 0.5) is 5.69 Å². The van der Waals surface area contributed by atoms with E-state index >= 15 is 0 Å². The predicted octanol–water partition coefficient (Wildman–Crippen LogP) is 4.17. The molecule has 1 aliphatic rings. The Hall–Kier alpha value is -1.18. The SMILES string of the molecule is Cc1cc(N)cc(OC(C)C2CCCCC2C)c1. The van der Waals surface area contributed by atoms with Crippen molar-refractivity contribution in [3.63, 3.8) is 0 Å². The van der Waals surface area contributed by atoms with E-state index in [0.717, 1.165) is 22.9 Å². The lowest BCUT2D eigenvalue weighted by Gasteiger charge is -2.33. The van der Waals surface area contributed by atoms with Gasteiger partial charge in [-0.3, -0.25) is 0 Å². The first-order valence-corrected chi connectivity index (χ1v) is 7.10. The summed E-state index contributed by atoms with van der Waals surface area (Å²) < 4.78 is 6.11. The molecule has 100 valence electrons. The van der Waals surface area contributed by atoms with Crippen LogP contribution in [0.5, 0.6) is 5.75 Å². The van der Waals surface area contributed by atoms with E-state index in [-0.39, 0.29) is 6.10 Å². The van der Waals surface area contributed by atoms with Crippen molar-refractivity contribution in [1.29, 1.82) is 0 Å². The largest absolute Gasteiger partial charge is 0.490 e. The lowest BCUT2D eigenvalue weighted by Crippen LogP contribution is -2.31. The zero-order chi connectivity index (χ0) is 13.1. The normalized spacial score (nSPS) is 25.7. The molecular weight excluding hydrogens is 222 g/mol. The minimum atomic E-state index is 0.279. The van der Waals surface area contributed by atoms with Crippen LogP contribution in [-0.4, -0.2) is 6.10 Å². The topological polar surface area (TPSA) is 35.2 Å². The van der Waals surface area contributed by atoms with Gasteiger partial charge < -0.3 is 10.5 Å². The number of ether oxygens (including phenoxy) is 1. The maximum Gasteiger partial charge on any atom is 0.122 e. The summed E-state index contributed by atoms with van der Waals surface area (Å²) in [7, 11) is 0. The van der Waals surface area contributed by atoms with Crippen molar-refractivity contribution in [3.8, 4) is 5.75 Å². The molecule has 0 heterocycles. The quantitative estimate of drug-likeness (QED) is 0.814. The average Bonchev–Trinajstić information content (AvgIpc) is 2.27. The molecular formula is C16H25NO. The van der Waals surface area contributed by atoms with Crippen LogP contribution in [0.25, 0.3) is 0 Å². The standard InChI is InChI=1S/C16H25NO/c1-11-8-14(17)10-15(9-11)18-13(3)16-7-5-4-6-12(16)2/h8-10,12-13,16H,4-7,17H2,1-3H3. The molecule has 0 aliphatic heterocycles. The van der Waals surface area contributed by atoms with Crippen LogP contribution in [0.1, 0.15) is 45.1 Å². The van der Waals surface area contributed by atoms with Crippen LogP contribution in [-0.2, 0) is 0 Å². The van der Waals surface area contributed by atoms with Gasteiger partial charge in [0.1, 0.15) is 5.75 Å². The highest BCUT2D eigenvalue weighted by molar-refractivity contribution is 5.47. The van der Waals surface area contributed by atoms with Crippen LogP contribution >= 0.6 is 0 Å². The molecule has 1 aromatic carbocycles. The Morgan fingerprint density at radius 3 is 2.61 bits per heavy atom. The fourth-order valence-electron chi connectivity index (χ4n) is 3.19. The monoisotopic (exact) mass is 247 g/mol. The molecule has 0 aromatic heterocycles. The number of benzene rings is 1. The lowest BCUT2D eigenvalue weighted by molar-refractivity contribution is 0.0870. The summed E-state index contributed by atoms with van der Waals surface area (Å²) >= 11 is 0. The number of aryl methyl sites for hydroxylation is 1. The van der Waals surface area contributed by atoms with Crippen LogP contribution < -0.4 is 10.5 Å². The maximum absolute atomic E-state index is 6.11. The Balaban J connectivity index is 2.03. The van der Waals surface area contributed by atoms with Gasteiger partial charge in [-0.15, -0.1) is 0 Å². The molecule has 18 heavy (non-hydrogen) atoms. The number of nitrogen functional groups attached to an aromatic ring is 1. The van der Waals surface area contributed by atoms with Crippen LogP contribution in [0.3, 0.4) is 0 Å². The third kappa shape index (κ3) is 3.18. The van der Waals surface area contributed by atoms with E-state index in [1.54, 1.807) is 0 Å². The highest BCUT2D eigenvalue weighted by Gasteiger charge is 2.27. The first-order valence-electron chi connectivity index (χ1n) is 7.10. The zero-order valence-electron chi connectivity index (χ0n) is 11.8. The summed E-state index contributed by atoms with van der Waals surface area (Å²) in [5, 5.41) is 0. The molecule has 2 rings (SSSR count). The highest BCUT2D eigenvalue weighted by Crippen LogP contribution is 2.34. The second-order valence-electron chi connectivity index (χ2n) is 5.83. The van der Waals surface area contributed by atoms with E-state index in [2.05, 4.69) is 26.8 Å². The molecule has 0 spiro atoms. The highest BCUT2D eigenvalue weighted by atomic mass is 16.5. The molecule has 3 unspecified atom stereocenters. The van der Waals surface area contributed by atoms with Crippen molar-refractivity contribution in [2.24, 2.45) is 11.8 Å². The average molecular weight is 247 g/mol. The molecule has 0 bridgehead atoms. The van der Waals surface area contributed by atoms with Crippen LogP contribution in [0.2, 0.25) is 0 Å². The molecule has 2 N–H and O–H groups in total. The zero-order valence-corrected chi connectivity index (χ0v) is 11.8. The molecule has 0 saturated heterocycles. The van der Waals surface area contributed by atoms with Crippen molar-refractivity contribution < 1.29 is 4.74 Å². The fraction of sp³-hybridized carbons (Fsp3) is 0.625. The molecule has 0 radical (unpaired) electrons. The van der Waals surface area contributed by atoms with E-state index < -0.39 is 0 Å². The Bertz CT molecular complexity index is 382. The Labute approximate surface area is 111 Å². The van der Waals surface area contributed by atoms with E-state index in [9.17, 15) is 0 Å². The van der Waals surface area contributed by atoms with Crippen molar-refractivity contribution >= 4 is 5.69 Å². The van der Waals surface area contributed by atoms with E-state index in [1.807, 2.05) is 12.1 Å². The number of hydrogen-bond donors (Lipinski definition) is 1. The van der Waals surface area contributed by atoms with Gasteiger partial charge >= 0.3 is 0 Å². The number of hydrogen-bond acceptors (Lipinski definition) is 2. The summed E-state index contributed by atoms with van der Waals surface area (Å²) in [6.45, 7) is 6.61. The Morgan fingerprint density at radius 2 is 1.94 bits per heavy atom. The second-order valence-corrected chi connectivity index (χ2v) is 5.83. The minimum Gasteiger partial charge on any atom is -0.490 e. The smallest absolute Gasteiger partial charge is 0.122 e. The lowest BCUT2D eigenvalue weighted by atomic mass is 9.77. The van der Waals surface area contributed by atoms with Crippen molar-refractivity contribution in [1.82, 2.24) is 0 Å². The summed E-state index contributed by atoms with van der Waals surface area (Å²) in [4.78, 5) is 0. The first kappa shape index (κ1) is 13.3. The number of anilines is 1. The van der Waals surface area contributed by atoms with Gasteiger partial charge in [0.25, 0.3) is 0 Å².